The molecule has 0 saturated heterocycles. The lowest BCUT2D eigenvalue weighted by molar-refractivity contribution is -0.131. The average Bonchev–Trinajstić information content (AvgIpc) is 2.75. The summed E-state index contributed by atoms with van der Waals surface area (Å²) >= 11 is 0. The molecule has 4 nitrogen and oxygen atoms in total. The molecule has 6 heteroatoms. The summed E-state index contributed by atoms with van der Waals surface area (Å²) < 4.78 is 33.6. The van der Waals surface area contributed by atoms with Crippen molar-refractivity contribution >= 4 is 5.84 Å². The molecule has 0 amide bonds. The molecule has 8 unspecified atom stereocenters. The Kier molecular flexibility index (Phi) is 4.67. The average molecular weight is 330 g/mol. The third kappa shape index (κ3) is 2.78. The van der Waals surface area contributed by atoms with Gasteiger partial charge in [0, 0.05) is 24.9 Å². The molecular weight excluding hydrogens is 302 g/mol. The van der Waals surface area contributed by atoms with Gasteiger partial charge in [0.05, 0.1) is 12.1 Å². The number of rotatable bonds is 3. The summed E-state index contributed by atoms with van der Waals surface area (Å²) in [6.45, 7) is 4.39. The second kappa shape index (κ2) is 6.28. The lowest BCUT2D eigenvalue weighted by atomic mass is 9.63. The first-order valence-corrected chi connectivity index (χ1v) is 8.83. The van der Waals surface area contributed by atoms with Gasteiger partial charge in [-0.2, -0.15) is 0 Å². The summed E-state index contributed by atoms with van der Waals surface area (Å²) in [4.78, 5) is 4.48. The number of hydrogen-bond donors (Lipinski definition) is 2. The Balaban J connectivity index is 1.91. The van der Waals surface area contributed by atoms with E-state index < -0.39 is 30.0 Å². The molecule has 1 heterocycles. The maximum Gasteiger partial charge on any atom is 0.134 e. The fraction of sp³-hybridized carbons (Fsp3) is 0.941. The molecule has 1 aliphatic heterocycles. The van der Waals surface area contributed by atoms with Crippen LogP contribution in [0.5, 0.6) is 0 Å². The normalized spacial score (nSPS) is 50.5. The quantitative estimate of drug-likeness (QED) is 0.835. The lowest BCUT2D eigenvalue weighted by Gasteiger charge is -2.47. The van der Waals surface area contributed by atoms with Crippen LogP contribution in [0.1, 0.15) is 46.0 Å². The number of amidine groups is 1. The molecule has 8 atom stereocenters. The van der Waals surface area contributed by atoms with E-state index in [9.17, 15) is 13.9 Å². The Hall–Kier alpha value is -0.750. The van der Waals surface area contributed by atoms with Crippen molar-refractivity contribution in [3.8, 4) is 0 Å². The zero-order valence-electron chi connectivity index (χ0n) is 13.9. The highest BCUT2D eigenvalue weighted by molar-refractivity contribution is 5.92. The minimum atomic E-state index is -1.58. The number of hydrogen-bond acceptors (Lipinski definition) is 4. The minimum Gasteiger partial charge on any atom is -0.385 e. The SMILES string of the molecule is CCOC1CC(F)C(F)CC1C1(O)C(N)=NC2CCC(C)CC21. The van der Waals surface area contributed by atoms with E-state index >= 15 is 0 Å². The van der Waals surface area contributed by atoms with Crippen LogP contribution in [-0.2, 0) is 4.74 Å². The van der Waals surface area contributed by atoms with Crippen molar-refractivity contribution in [1.82, 2.24) is 0 Å². The summed E-state index contributed by atoms with van der Waals surface area (Å²) in [6.07, 6.45) is -0.940. The monoisotopic (exact) mass is 330 g/mol. The Bertz CT molecular complexity index is 476. The van der Waals surface area contributed by atoms with Crippen LogP contribution in [0.2, 0.25) is 0 Å². The lowest BCUT2D eigenvalue weighted by Crippen LogP contribution is -2.61. The number of ether oxygens (including phenoxy) is 1. The minimum absolute atomic E-state index is 0.000335. The van der Waals surface area contributed by atoms with Gasteiger partial charge in [-0.05, 0) is 38.5 Å². The number of alkyl halides is 2. The van der Waals surface area contributed by atoms with Gasteiger partial charge in [-0.25, -0.2) is 8.78 Å². The van der Waals surface area contributed by atoms with Gasteiger partial charge < -0.3 is 15.6 Å². The zero-order chi connectivity index (χ0) is 16.8. The Morgan fingerprint density at radius 1 is 1.22 bits per heavy atom. The van der Waals surface area contributed by atoms with E-state index in [2.05, 4.69) is 11.9 Å². The molecule has 3 aliphatic rings. The van der Waals surface area contributed by atoms with Crippen molar-refractivity contribution < 1.29 is 18.6 Å². The summed E-state index contributed by atoms with van der Waals surface area (Å²) in [6, 6.07) is -0.000335. The van der Waals surface area contributed by atoms with Gasteiger partial charge in [-0.3, -0.25) is 4.99 Å². The van der Waals surface area contributed by atoms with Crippen LogP contribution in [-0.4, -0.2) is 47.6 Å². The second-order valence-electron chi connectivity index (χ2n) is 7.54. The third-order valence-electron chi connectivity index (χ3n) is 6.08. The van der Waals surface area contributed by atoms with E-state index in [1.807, 2.05) is 6.92 Å². The number of aliphatic hydroxyl groups is 1. The fourth-order valence-electron chi connectivity index (χ4n) is 4.87. The topological polar surface area (TPSA) is 67.8 Å². The van der Waals surface area contributed by atoms with Crippen LogP contribution in [0.4, 0.5) is 8.78 Å². The number of nitrogens with zero attached hydrogens (tertiary/aromatic N) is 1. The van der Waals surface area contributed by atoms with Crippen LogP contribution < -0.4 is 5.73 Å². The largest absolute Gasteiger partial charge is 0.385 e. The summed E-state index contributed by atoms with van der Waals surface area (Å²) in [5.74, 6) is 0.0324. The van der Waals surface area contributed by atoms with E-state index in [4.69, 9.17) is 10.5 Å². The van der Waals surface area contributed by atoms with E-state index in [1.54, 1.807) is 0 Å². The van der Waals surface area contributed by atoms with Gasteiger partial charge >= 0.3 is 0 Å². The Morgan fingerprint density at radius 3 is 2.61 bits per heavy atom. The molecule has 0 aromatic rings. The van der Waals surface area contributed by atoms with Crippen LogP contribution in [0, 0.1) is 17.8 Å². The number of fused-ring (bicyclic) bond motifs is 1. The third-order valence-corrected chi connectivity index (χ3v) is 6.08. The molecule has 3 rings (SSSR count). The standard InChI is InChI=1S/C17H28F2N2O2/c1-3-23-15-8-13(19)12(18)7-11(15)17(22)10-6-9(2)4-5-14(10)21-16(17)20/h9-15,22H,3-8H2,1-2H3,(H2,20,21). The van der Waals surface area contributed by atoms with Gasteiger partial charge in [0.1, 0.15) is 23.8 Å². The molecule has 0 spiro atoms. The highest BCUT2D eigenvalue weighted by atomic mass is 19.2. The van der Waals surface area contributed by atoms with Gasteiger partial charge in [-0.1, -0.05) is 6.92 Å². The molecule has 2 fully saturated rings. The van der Waals surface area contributed by atoms with Crippen LogP contribution in [0.3, 0.4) is 0 Å². The van der Waals surface area contributed by atoms with Gasteiger partial charge in [0.25, 0.3) is 0 Å². The maximum absolute atomic E-state index is 14.1. The van der Waals surface area contributed by atoms with E-state index in [0.29, 0.717) is 12.5 Å². The van der Waals surface area contributed by atoms with Crippen molar-refractivity contribution in [2.75, 3.05) is 6.61 Å². The Morgan fingerprint density at radius 2 is 1.91 bits per heavy atom. The molecule has 0 bridgehead atoms. The van der Waals surface area contributed by atoms with Crippen LogP contribution in [0.25, 0.3) is 0 Å². The molecule has 23 heavy (non-hydrogen) atoms. The molecule has 3 N–H and O–H groups in total. The maximum atomic E-state index is 14.1. The first kappa shape index (κ1) is 17.1. The predicted molar refractivity (Wildman–Crippen MR) is 84.8 cm³/mol. The molecule has 0 aromatic carbocycles. The highest BCUT2D eigenvalue weighted by Crippen LogP contribution is 2.49. The predicted octanol–water partition coefficient (Wildman–Crippen LogP) is 2.38. The molecule has 2 aliphatic carbocycles. The first-order valence-electron chi connectivity index (χ1n) is 8.83. The van der Waals surface area contributed by atoms with Crippen molar-refractivity contribution in [2.45, 2.75) is 76.0 Å². The summed E-state index contributed by atoms with van der Waals surface area (Å²) in [7, 11) is 0. The van der Waals surface area contributed by atoms with Crippen molar-refractivity contribution in [3.05, 3.63) is 0 Å². The highest BCUT2D eigenvalue weighted by Gasteiger charge is 2.59. The number of aliphatic imine (C=N–C) groups is 1. The molecule has 132 valence electrons. The van der Waals surface area contributed by atoms with Crippen molar-refractivity contribution in [2.24, 2.45) is 28.5 Å². The second-order valence-corrected chi connectivity index (χ2v) is 7.54. The molecule has 0 aromatic heterocycles. The van der Waals surface area contributed by atoms with E-state index in [1.165, 1.54) is 0 Å². The summed E-state index contributed by atoms with van der Waals surface area (Å²) in [5.41, 5.74) is 4.74. The molecule has 2 saturated carbocycles. The number of halogens is 2. The molecular formula is C17H28F2N2O2. The number of nitrogens with two attached hydrogens (primary N) is 1. The van der Waals surface area contributed by atoms with Gasteiger partial charge in [-0.15, -0.1) is 0 Å². The van der Waals surface area contributed by atoms with Gasteiger partial charge in [0.2, 0.25) is 0 Å². The first-order chi connectivity index (χ1) is 10.9. The van der Waals surface area contributed by atoms with E-state index in [0.717, 1.165) is 19.3 Å². The summed E-state index contributed by atoms with van der Waals surface area (Å²) in [5, 5.41) is 11.5. The van der Waals surface area contributed by atoms with Crippen molar-refractivity contribution in [1.29, 1.82) is 0 Å². The fourth-order valence-corrected chi connectivity index (χ4v) is 4.87. The Labute approximate surface area is 136 Å². The van der Waals surface area contributed by atoms with Gasteiger partial charge in [0.15, 0.2) is 0 Å². The zero-order valence-corrected chi connectivity index (χ0v) is 13.9. The van der Waals surface area contributed by atoms with Crippen LogP contribution in [0.15, 0.2) is 4.99 Å². The smallest absolute Gasteiger partial charge is 0.134 e. The van der Waals surface area contributed by atoms with Crippen LogP contribution >= 0.6 is 0 Å². The molecule has 0 radical (unpaired) electrons. The van der Waals surface area contributed by atoms with Crippen molar-refractivity contribution in [3.63, 3.8) is 0 Å². The van der Waals surface area contributed by atoms with E-state index in [-0.39, 0.29) is 30.6 Å².